The highest BCUT2D eigenvalue weighted by atomic mass is 32.2. The van der Waals surface area contributed by atoms with Crippen molar-refractivity contribution in [3.63, 3.8) is 0 Å². The van der Waals surface area contributed by atoms with E-state index < -0.39 is 12.0 Å². The third-order valence-electron chi connectivity index (χ3n) is 5.65. The summed E-state index contributed by atoms with van der Waals surface area (Å²) in [6.45, 7) is 7.78. The molecule has 4 rings (SSSR count). The van der Waals surface area contributed by atoms with Crippen LogP contribution in [0.4, 0.5) is 5.69 Å². The molecule has 8 heteroatoms. The molecule has 1 atom stereocenters. The van der Waals surface area contributed by atoms with Gasteiger partial charge in [0.1, 0.15) is 5.75 Å². The maximum atomic E-state index is 12.8. The minimum absolute atomic E-state index is 0.132. The van der Waals surface area contributed by atoms with Gasteiger partial charge >= 0.3 is 5.97 Å². The van der Waals surface area contributed by atoms with E-state index in [4.69, 9.17) is 9.47 Å². The molecule has 0 radical (unpaired) electrons. The van der Waals surface area contributed by atoms with Gasteiger partial charge in [-0.2, -0.15) is 0 Å². The van der Waals surface area contributed by atoms with Crippen molar-refractivity contribution < 1.29 is 19.1 Å². The SMILES string of the molecule is CCOC(=O)C1=C(C)N=C2SC=CN2[C@H]1c1cccc(OCC(=O)Nc2ccc(C)c(C)c2)c1. The predicted octanol–water partition coefficient (Wildman–Crippen LogP) is 5.09. The van der Waals surface area contributed by atoms with Crippen molar-refractivity contribution in [3.05, 3.63) is 82.0 Å². The standard InChI is InChI=1S/C26H27N3O4S/c1-5-32-25(31)23-18(4)27-26-29(11-12-34-26)24(23)19-7-6-8-21(14-19)33-15-22(30)28-20-10-9-16(2)17(3)13-20/h6-14,24H,5,15H2,1-4H3,(H,28,30)/t24-/m0/s1. The van der Waals surface area contributed by atoms with Crippen LogP contribution in [0.15, 0.2) is 70.3 Å². The number of hydrogen-bond acceptors (Lipinski definition) is 7. The van der Waals surface area contributed by atoms with E-state index in [1.54, 1.807) is 13.0 Å². The van der Waals surface area contributed by atoms with Gasteiger partial charge in [-0.3, -0.25) is 4.79 Å². The molecule has 0 saturated heterocycles. The number of fused-ring (bicyclic) bond motifs is 1. The van der Waals surface area contributed by atoms with E-state index in [0.29, 0.717) is 17.0 Å². The summed E-state index contributed by atoms with van der Waals surface area (Å²) in [6, 6.07) is 12.8. The Morgan fingerprint density at radius 3 is 2.71 bits per heavy atom. The maximum Gasteiger partial charge on any atom is 0.338 e. The van der Waals surface area contributed by atoms with Crippen molar-refractivity contribution >= 4 is 34.5 Å². The summed E-state index contributed by atoms with van der Waals surface area (Å²) in [6.07, 6.45) is 1.91. The number of carbonyl (C=O) groups is 2. The molecule has 1 amide bonds. The van der Waals surface area contributed by atoms with Crippen LogP contribution in [0.3, 0.4) is 0 Å². The Kier molecular flexibility index (Phi) is 7.07. The highest BCUT2D eigenvalue weighted by Gasteiger charge is 2.37. The number of aryl methyl sites for hydroxylation is 2. The van der Waals surface area contributed by atoms with Crippen LogP contribution in [0.1, 0.15) is 36.6 Å². The average Bonchev–Trinajstić information content (AvgIpc) is 3.27. The zero-order valence-corrected chi connectivity index (χ0v) is 20.4. The summed E-state index contributed by atoms with van der Waals surface area (Å²) < 4.78 is 11.1. The van der Waals surface area contributed by atoms with E-state index >= 15 is 0 Å². The first-order valence-electron chi connectivity index (χ1n) is 11.1. The van der Waals surface area contributed by atoms with Crippen LogP contribution < -0.4 is 10.1 Å². The summed E-state index contributed by atoms with van der Waals surface area (Å²) in [4.78, 5) is 31.8. The summed E-state index contributed by atoms with van der Waals surface area (Å²) in [5.74, 6) is -0.103. The fourth-order valence-electron chi connectivity index (χ4n) is 3.84. The van der Waals surface area contributed by atoms with E-state index in [-0.39, 0.29) is 19.1 Å². The van der Waals surface area contributed by atoms with Crippen LogP contribution in [0.2, 0.25) is 0 Å². The number of nitrogens with one attached hydrogen (secondary N) is 1. The van der Waals surface area contributed by atoms with Crippen LogP contribution in [0.25, 0.3) is 0 Å². The molecule has 2 heterocycles. The largest absolute Gasteiger partial charge is 0.484 e. The van der Waals surface area contributed by atoms with E-state index in [0.717, 1.165) is 22.0 Å². The van der Waals surface area contributed by atoms with Crippen LogP contribution in [0, 0.1) is 13.8 Å². The Hall–Kier alpha value is -3.52. The first-order chi connectivity index (χ1) is 16.4. The summed E-state index contributed by atoms with van der Waals surface area (Å²) in [5.41, 5.74) is 4.97. The number of benzene rings is 2. The molecule has 7 nitrogen and oxygen atoms in total. The smallest absolute Gasteiger partial charge is 0.338 e. The molecule has 0 fully saturated rings. The number of amidine groups is 1. The van der Waals surface area contributed by atoms with Crippen molar-refractivity contribution in [2.24, 2.45) is 4.99 Å². The van der Waals surface area contributed by atoms with Gasteiger partial charge in [-0.1, -0.05) is 30.0 Å². The molecular formula is C26H27N3O4S. The van der Waals surface area contributed by atoms with Gasteiger partial charge in [0.25, 0.3) is 5.91 Å². The number of esters is 1. The van der Waals surface area contributed by atoms with E-state index in [1.807, 2.05) is 73.7 Å². The molecule has 0 aliphatic carbocycles. The Balaban J connectivity index is 1.52. The van der Waals surface area contributed by atoms with Crippen LogP contribution in [-0.2, 0) is 14.3 Å². The predicted molar refractivity (Wildman–Crippen MR) is 135 cm³/mol. The second-order valence-electron chi connectivity index (χ2n) is 8.04. The van der Waals surface area contributed by atoms with Crippen molar-refractivity contribution in [1.29, 1.82) is 0 Å². The fraction of sp³-hybridized carbons (Fsp3) is 0.269. The average molecular weight is 478 g/mol. The first kappa shape index (κ1) is 23.6. The van der Waals surface area contributed by atoms with Crippen LogP contribution >= 0.6 is 11.8 Å². The van der Waals surface area contributed by atoms with Crippen LogP contribution in [-0.4, -0.2) is 35.2 Å². The lowest BCUT2D eigenvalue weighted by Gasteiger charge is -2.33. The quantitative estimate of drug-likeness (QED) is 0.560. The lowest BCUT2D eigenvalue weighted by atomic mass is 9.94. The summed E-state index contributed by atoms with van der Waals surface area (Å²) >= 11 is 1.50. The normalized spacial score (nSPS) is 16.8. The number of nitrogens with zero attached hydrogens (tertiary/aromatic N) is 2. The Bertz CT molecular complexity index is 1220. The van der Waals surface area contributed by atoms with Crippen molar-refractivity contribution in [2.75, 3.05) is 18.5 Å². The molecule has 0 saturated carbocycles. The third kappa shape index (κ3) is 5.02. The Morgan fingerprint density at radius 2 is 1.94 bits per heavy atom. The number of allylic oxidation sites excluding steroid dienone is 1. The Labute approximate surface area is 203 Å². The van der Waals surface area contributed by atoms with E-state index in [1.165, 1.54) is 17.3 Å². The lowest BCUT2D eigenvalue weighted by molar-refractivity contribution is -0.139. The lowest BCUT2D eigenvalue weighted by Crippen LogP contribution is -2.34. The van der Waals surface area contributed by atoms with Gasteiger partial charge in [0.05, 0.1) is 23.9 Å². The van der Waals surface area contributed by atoms with Gasteiger partial charge < -0.3 is 19.7 Å². The number of amides is 1. The van der Waals surface area contributed by atoms with Gasteiger partial charge in [-0.25, -0.2) is 9.79 Å². The molecule has 0 unspecified atom stereocenters. The number of hydrogen-bond donors (Lipinski definition) is 1. The molecule has 2 aromatic carbocycles. The van der Waals surface area contributed by atoms with Crippen molar-refractivity contribution in [1.82, 2.24) is 4.90 Å². The second-order valence-corrected chi connectivity index (χ2v) is 8.91. The molecule has 0 aromatic heterocycles. The number of rotatable bonds is 7. The zero-order chi connectivity index (χ0) is 24.2. The van der Waals surface area contributed by atoms with Gasteiger partial charge in [0, 0.05) is 11.9 Å². The summed E-state index contributed by atoms with van der Waals surface area (Å²) in [5, 5.41) is 5.60. The number of anilines is 1. The van der Waals surface area contributed by atoms with Crippen molar-refractivity contribution in [3.8, 4) is 5.75 Å². The van der Waals surface area contributed by atoms with Gasteiger partial charge in [0.2, 0.25) is 0 Å². The molecule has 0 spiro atoms. The molecule has 2 aliphatic heterocycles. The molecule has 0 bridgehead atoms. The first-order valence-corrected chi connectivity index (χ1v) is 11.9. The van der Waals surface area contributed by atoms with Gasteiger partial charge in [0.15, 0.2) is 11.8 Å². The minimum Gasteiger partial charge on any atom is -0.484 e. The fourth-order valence-corrected chi connectivity index (χ4v) is 4.63. The second kappa shape index (κ2) is 10.2. The molecule has 2 aliphatic rings. The highest BCUT2D eigenvalue weighted by molar-refractivity contribution is 8.16. The number of aliphatic imine (C=N–C) groups is 1. The maximum absolute atomic E-state index is 12.8. The van der Waals surface area contributed by atoms with Gasteiger partial charge in [-0.05, 0) is 74.1 Å². The van der Waals surface area contributed by atoms with Crippen molar-refractivity contribution in [2.45, 2.75) is 33.7 Å². The van der Waals surface area contributed by atoms with Gasteiger partial charge in [-0.15, -0.1) is 0 Å². The molecule has 1 N–H and O–H groups in total. The molecule has 176 valence electrons. The molecular weight excluding hydrogens is 450 g/mol. The van der Waals surface area contributed by atoms with Crippen LogP contribution in [0.5, 0.6) is 5.75 Å². The monoisotopic (exact) mass is 477 g/mol. The topological polar surface area (TPSA) is 80.2 Å². The van der Waals surface area contributed by atoms with E-state index in [9.17, 15) is 9.59 Å². The number of thioether (sulfide) groups is 1. The zero-order valence-electron chi connectivity index (χ0n) is 19.6. The number of carbonyl (C=O) groups excluding carboxylic acids is 2. The number of ether oxygens (including phenoxy) is 2. The third-order valence-corrected chi connectivity index (χ3v) is 6.42. The molecule has 34 heavy (non-hydrogen) atoms. The van der Waals surface area contributed by atoms with E-state index in [2.05, 4.69) is 10.3 Å². The minimum atomic E-state index is -0.397. The highest BCUT2D eigenvalue weighted by Crippen LogP contribution is 2.41. The Morgan fingerprint density at radius 1 is 1.12 bits per heavy atom. The summed E-state index contributed by atoms with van der Waals surface area (Å²) in [7, 11) is 0. The molecule has 2 aromatic rings.